The summed E-state index contributed by atoms with van der Waals surface area (Å²) >= 11 is 0. The summed E-state index contributed by atoms with van der Waals surface area (Å²) in [6.45, 7) is 6.11. The summed E-state index contributed by atoms with van der Waals surface area (Å²) in [6.07, 6.45) is 0. The van der Waals surface area contributed by atoms with Crippen LogP contribution in [0.1, 0.15) is 24.1 Å². The van der Waals surface area contributed by atoms with Crippen LogP contribution in [0.5, 0.6) is 0 Å². The second-order valence-electron chi connectivity index (χ2n) is 9.32. The summed E-state index contributed by atoms with van der Waals surface area (Å²) in [7, 11) is 0. The maximum absolute atomic E-state index is 14.1. The molecule has 4 aromatic rings. The van der Waals surface area contributed by atoms with Gasteiger partial charge in [-0.05, 0) is 30.2 Å². The third-order valence-electron chi connectivity index (χ3n) is 7.08. The summed E-state index contributed by atoms with van der Waals surface area (Å²) in [6, 6.07) is 28.7. The van der Waals surface area contributed by atoms with Crippen molar-refractivity contribution in [1.82, 2.24) is 19.4 Å². The standard InChI is InChI=1S/C29H29N5O/c1-21-26(28(35)33-18-16-32(17-19-33)20-22-10-4-2-5-11-22)27(23-12-6-3-7-13-23)34-25-15-9-8-14-24(25)31-29(34)30-21/h2-15,27H,16-20H2,1H3,(H,30,31). The SMILES string of the molecule is CC1=C(C(=O)N2CCN(Cc3ccccc3)CC2)C(c2ccccc2)n2c(nc3ccccc32)N1. The molecule has 6 heteroatoms. The molecule has 1 N–H and O–H groups in total. The minimum absolute atomic E-state index is 0.103. The topological polar surface area (TPSA) is 53.4 Å². The van der Waals surface area contributed by atoms with Gasteiger partial charge in [-0.3, -0.25) is 14.3 Å². The summed E-state index contributed by atoms with van der Waals surface area (Å²) in [5.74, 6) is 0.883. The lowest BCUT2D eigenvalue weighted by Crippen LogP contribution is -2.49. The second kappa shape index (κ2) is 9.04. The molecular weight excluding hydrogens is 434 g/mol. The molecule has 1 amide bonds. The van der Waals surface area contributed by atoms with Gasteiger partial charge in [0.25, 0.3) is 5.91 Å². The van der Waals surface area contributed by atoms with Crippen LogP contribution in [-0.4, -0.2) is 51.4 Å². The Morgan fingerprint density at radius 1 is 0.886 bits per heavy atom. The summed E-state index contributed by atoms with van der Waals surface area (Å²) in [5, 5.41) is 3.43. The van der Waals surface area contributed by atoms with Crippen molar-refractivity contribution >= 4 is 22.9 Å². The van der Waals surface area contributed by atoms with Crippen LogP contribution in [0.15, 0.2) is 96.2 Å². The molecule has 1 unspecified atom stereocenters. The van der Waals surface area contributed by atoms with Crippen LogP contribution in [0.3, 0.4) is 0 Å². The van der Waals surface area contributed by atoms with Gasteiger partial charge in [-0.2, -0.15) is 0 Å². The Kier molecular flexibility index (Phi) is 5.58. The predicted octanol–water partition coefficient (Wildman–Crippen LogP) is 4.67. The molecule has 2 aliphatic heterocycles. The van der Waals surface area contributed by atoms with Gasteiger partial charge in [0.15, 0.2) is 0 Å². The number of rotatable bonds is 4. The second-order valence-corrected chi connectivity index (χ2v) is 9.32. The van der Waals surface area contributed by atoms with E-state index in [2.05, 4.69) is 57.2 Å². The highest BCUT2D eigenvalue weighted by molar-refractivity contribution is 5.98. The molecule has 2 aliphatic rings. The van der Waals surface area contributed by atoms with Crippen LogP contribution >= 0.6 is 0 Å². The van der Waals surface area contributed by atoms with Gasteiger partial charge in [-0.25, -0.2) is 4.98 Å². The van der Waals surface area contributed by atoms with E-state index in [0.717, 1.165) is 66.5 Å². The zero-order valence-electron chi connectivity index (χ0n) is 19.9. The molecule has 6 nitrogen and oxygen atoms in total. The smallest absolute Gasteiger partial charge is 0.254 e. The summed E-state index contributed by atoms with van der Waals surface area (Å²) in [4.78, 5) is 23.3. The highest BCUT2D eigenvalue weighted by atomic mass is 16.2. The number of allylic oxidation sites excluding steroid dienone is 1. The van der Waals surface area contributed by atoms with Gasteiger partial charge >= 0.3 is 0 Å². The Labute approximate surface area is 205 Å². The van der Waals surface area contributed by atoms with Crippen LogP contribution < -0.4 is 5.32 Å². The van der Waals surface area contributed by atoms with E-state index in [-0.39, 0.29) is 11.9 Å². The van der Waals surface area contributed by atoms with Gasteiger partial charge in [0.2, 0.25) is 5.95 Å². The number of nitrogens with one attached hydrogen (secondary N) is 1. The van der Waals surface area contributed by atoms with Crippen molar-refractivity contribution in [1.29, 1.82) is 0 Å². The van der Waals surface area contributed by atoms with Gasteiger partial charge in [0, 0.05) is 38.4 Å². The van der Waals surface area contributed by atoms with Crippen molar-refractivity contribution in [3.8, 4) is 0 Å². The lowest BCUT2D eigenvalue weighted by molar-refractivity contribution is -0.129. The molecule has 0 spiro atoms. The average molecular weight is 464 g/mol. The molecule has 35 heavy (non-hydrogen) atoms. The lowest BCUT2D eigenvalue weighted by Gasteiger charge is -2.38. The first-order chi connectivity index (χ1) is 17.2. The van der Waals surface area contributed by atoms with Gasteiger partial charge in [-0.1, -0.05) is 72.8 Å². The van der Waals surface area contributed by atoms with E-state index >= 15 is 0 Å². The number of aromatic nitrogens is 2. The van der Waals surface area contributed by atoms with Crippen molar-refractivity contribution in [3.05, 3.63) is 107 Å². The number of carbonyl (C=O) groups excluding carboxylic acids is 1. The van der Waals surface area contributed by atoms with Crippen LogP contribution in [0.25, 0.3) is 11.0 Å². The van der Waals surface area contributed by atoms with E-state index < -0.39 is 0 Å². The lowest BCUT2D eigenvalue weighted by atomic mass is 9.93. The Hall–Kier alpha value is -3.90. The van der Waals surface area contributed by atoms with Gasteiger partial charge in [0.1, 0.15) is 0 Å². The molecule has 176 valence electrons. The number of carbonyl (C=O) groups is 1. The van der Waals surface area contributed by atoms with E-state index in [4.69, 9.17) is 4.98 Å². The minimum atomic E-state index is -0.227. The number of hydrogen-bond donors (Lipinski definition) is 1. The van der Waals surface area contributed by atoms with E-state index in [1.54, 1.807) is 0 Å². The fraction of sp³-hybridized carbons (Fsp3) is 0.241. The highest BCUT2D eigenvalue weighted by Gasteiger charge is 2.36. The quantitative estimate of drug-likeness (QED) is 0.478. The Morgan fingerprint density at radius 2 is 1.54 bits per heavy atom. The molecule has 0 bridgehead atoms. The van der Waals surface area contributed by atoms with Gasteiger partial charge in [-0.15, -0.1) is 0 Å². The summed E-state index contributed by atoms with van der Waals surface area (Å²) in [5.41, 5.74) is 6.01. The zero-order valence-corrected chi connectivity index (χ0v) is 19.9. The van der Waals surface area contributed by atoms with Gasteiger partial charge in [0.05, 0.1) is 22.6 Å². The van der Waals surface area contributed by atoms with Crippen LogP contribution in [0.4, 0.5) is 5.95 Å². The number of imidazole rings is 1. The number of benzene rings is 3. The van der Waals surface area contributed by atoms with Crippen LogP contribution in [0, 0.1) is 0 Å². The molecular formula is C29H29N5O. The monoisotopic (exact) mass is 463 g/mol. The number of amides is 1. The normalized spacial score (nSPS) is 18.4. The maximum atomic E-state index is 14.1. The molecule has 0 saturated carbocycles. The number of hydrogen-bond acceptors (Lipinski definition) is 4. The third kappa shape index (κ3) is 4.00. The molecule has 3 heterocycles. The molecule has 0 aliphatic carbocycles. The van der Waals surface area contributed by atoms with Crippen molar-refractivity contribution < 1.29 is 4.79 Å². The number of anilines is 1. The molecule has 0 radical (unpaired) electrons. The predicted molar refractivity (Wildman–Crippen MR) is 139 cm³/mol. The molecule has 1 saturated heterocycles. The first-order valence-electron chi connectivity index (χ1n) is 12.2. The largest absolute Gasteiger partial charge is 0.336 e. The molecule has 6 rings (SSSR count). The van der Waals surface area contributed by atoms with Crippen molar-refractivity contribution in [2.24, 2.45) is 0 Å². The number of fused-ring (bicyclic) bond motifs is 3. The minimum Gasteiger partial charge on any atom is -0.336 e. The van der Waals surface area contributed by atoms with Crippen molar-refractivity contribution in [2.75, 3.05) is 31.5 Å². The highest BCUT2D eigenvalue weighted by Crippen LogP contribution is 2.39. The fourth-order valence-corrected chi connectivity index (χ4v) is 5.31. The first-order valence-corrected chi connectivity index (χ1v) is 12.2. The number of piperazine rings is 1. The first kappa shape index (κ1) is 21.6. The van der Waals surface area contributed by atoms with Crippen LogP contribution in [0.2, 0.25) is 0 Å². The average Bonchev–Trinajstić information content (AvgIpc) is 3.27. The van der Waals surface area contributed by atoms with Crippen LogP contribution in [-0.2, 0) is 11.3 Å². The van der Waals surface area contributed by atoms with E-state index in [9.17, 15) is 4.79 Å². The Morgan fingerprint density at radius 3 is 2.29 bits per heavy atom. The van der Waals surface area contributed by atoms with Crippen molar-refractivity contribution in [3.63, 3.8) is 0 Å². The van der Waals surface area contributed by atoms with E-state index in [0.29, 0.717) is 0 Å². The molecule has 1 atom stereocenters. The maximum Gasteiger partial charge on any atom is 0.254 e. The Bertz CT molecular complexity index is 1380. The van der Waals surface area contributed by atoms with E-state index in [1.165, 1.54) is 5.56 Å². The Balaban J connectivity index is 1.30. The number of nitrogens with zero attached hydrogens (tertiary/aromatic N) is 4. The third-order valence-corrected chi connectivity index (χ3v) is 7.08. The fourth-order valence-electron chi connectivity index (χ4n) is 5.31. The van der Waals surface area contributed by atoms with Crippen molar-refractivity contribution in [2.45, 2.75) is 19.5 Å². The molecule has 3 aromatic carbocycles. The van der Waals surface area contributed by atoms with E-state index in [1.807, 2.05) is 54.3 Å². The van der Waals surface area contributed by atoms with Gasteiger partial charge < -0.3 is 10.2 Å². The molecule has 1 fully saturated rings. The summed E-state index contributed by atoms with van der Waals surface area (Å²) < 4.78 is 2.18. The molecule has 1 aromatic heterocycles. The zero-order chi connectivity index (χ0) is 23.8. The number of para-hydroxylation sites is 2.